The zero-order valence-electron chi connectivity index (χ0n) is 27.3. The van der Waals surface area contributed by atoms with Crippen LogP contribution in [0.25, 0.3) is 11.0 Å². The molecule has 0 spiro atoms. The van der Waals surface area contributed by atoms with E-state index in [9.17, 15) is 19.5 Å². The van der Waals surface area contributed by atoms with Crippen molar-refractivity contribution in [2.45, 2.75) is 65.0 Å². The number of thioether (sulfide) groups is 1. The number of carboxylic acid groups (broad SMARTS) is 1. The average Bonchev–Trinajstić information content (AvgIpc) is 3.41. The Morgan fingerprint density at radius 1 is 1.06 bits per heavy atom. The van der Waals surface area contributed by atoms with Crippen LogP contribution in [-0.4, -0.2) is 48.4 Å². The molecular weight excluding hydrogens is 609 g/mol. The zero-order valence-corrected chi connectivity index (χ0v) is 28.2. The normalized spacial score (nSPS) is 18.0. The molecule has 5 rings (SSSR count). The summed E-state index contributed by atoms with van der Waals surface area (Å²) in [5.41, 5.74) is 3.52. The van der Waals surface area contributed by atoms with Crippen molar-refractivity contribution in [1.82, 2.24) is 19.9 Å². The summed E-state index contributed by atoms with van der Waals surface area (Å²) in [7, 11) is 0. The van der Waals surface area contributed by atoms with Gasteiger partial charge >= 0.3 is 5.97 Å². The van der Waals surface area contributed by atoms with E-state index in [1.165, 1.54) is 11.8 Å². The molecule has 2 heterocycles. The summed E-state index contributed by atoms with van der Waals surface area (Å²) < 4.78 is 2.11. The van der Waals surface area contributed by atoms with Gasteiger partial charge in [0, 0.05) is 53.7 Å². The highest BCUT2D eigenvalue weighted by Gasteiger charge is 2.43. The number of rotatable bonds is 13. The molecule has 0 aliphatic heterocycles. The molecule has 0 fully saturated rings. The minimum absolute atomic E-state index is 0.0793. The molecular formula is C38H42N4O4S. The van der Waals surface area contributed by atoms with Crippen molar-refractivity contribution in [2.24, 2.45) is 11.8 Å². The number of aromatic nitrogens is 3. The third-order valence-electron chi connectivity index (χ3n) is 8.62. The highest BCUT2D eigenvalue weighted by Crippen LogP contribution is 2.41. The second-order valence-corrected chi connectivity index (χ2v) is 13.6. The maximum Gasteiger partial charge on any atom is 0.311 e. The first-order valence-electron chi connectivity index (χ1n) is 16.1. The number of carbonyl (C=O) groups excluding carboxylic acids is 2. The number of imidazole rings is 1. The lowest BCUT2D eigenvalue weighted by molar-refractivity contribution is -0.142. The van der Waals surface area contributed by atoms with Crippen molar-refractivity contribution in [3.8, 4) is 0 Å². The number of fused-ring (bicyclic) bond motifs is 1. The van der Waals surface area contributed by atoms with Crippen LogP contribution in [0.3, 0.4) is 0 Å². The van der Waals surface area contributed by atoms with Gasteiger partial charge in [-0.05, 0) is 61.1 Å². The minimum Gasteiger partial charge on any atom is -0.481 e. The zero-order chi connectivity index (χ0) is 33.6. The summed E-state index contributed by atoms with van der Waals surface area (Å²) >= 11 is 1.19. The predicted octanol–water partition coefficient (Wildman–Crippen LogP) is 7.18. The van der Waals surface area contributed by atoms with Crippen molar-refractivity contribution < 1.29 is 19.5 Å². The van der Waals surface area contributed by atoms with Gasteiger partial charge in [-0.15, -0.1) is 0 Å². The Morgan fingerprint density at radius 2 is 1.85 bits per heavy atom. The van der Waals surface area contributed by atoms with Crippen molar-refractivity contribution >= 4 is 39.8 Å². The highest BCUT2D eigenvalue weighted by molar-refractivity contribution is 8.14. The van der Waals surface area contributed by atoms with E-state index in [0.717, 1.165) is 40.8 Å². The first kappa shape index (κ1) is 33.9. The van der Waals surface area contributed by atoms with Crippen LogP contribution in [0.1, 0.15) is 71.3 Å². The molecule has 1 amide bonds. The topological polar surface area (TPSA) is 114 Å². The number of carboxylic acids is 1. The minimum atomic E-state index is -0.900. The Balaban J connectivity index is 1.51. The first-order chi connectivity index (χ1) is 22.6. The van der Waals surface area contributed by atoms with E-state index >= 15 is 0 Å². The van der Waals surface area contributed by atoms with Gasteiger partial charge in [-0.3, -0.25) is 19.4 Å². The Morgan fingerprint density at radius 3 is 2.53 bits per heavy atom. The number of amides is 1. The molecule has 1 aliphatic rings. The summed E-state index contributed by atoms with van der Waals surface area (Å²) in [5, 5.41) is 13.5. The van der Waals surface area contributed by atoms with Crippen molar-refractivity contribution in [3.05, 3.63) is 119 Å². The van der Waals surface area contributed by atoms with Gasteiger partial charge in [-0.1, -0.05) is 87.2 Å². The van der Waals surface area contributed by atoms with Crippen LogP contribution in [0.15, 0.2) is 91.3 Å². The first-order valence-corrected chi connectivity index (χ1v) is 17.1. The Hall–Kier alpha value is -4.50. The van der Waals surface area contributed by atoms with Crippen LogP contribution in [0.2, 0.25) is 0 Å². The largest absolute Gasteiger partial charge is 0.481 e. The van der Waals surface area contributed by atoms with Gasteiger partial charge in [0.2, 0.25) is 5.12 Å². The lowest BCUT2D eigenvalue weighted by Gasteiger charge is -2.38. The smallest absolute Gasteiger partial charge is 0.311 e. The number of pyridine rings is 1. The Kier molecular flexibility index (Phi) is 10.8. The fourth-order valence-electron chi connectivity index (χ4n) is 6.42. The van der Waals surface area contributed by atoms with Crippen LogP contribution in [0.5, 0.6) is 0 Å². The maximum absolute atomic E-state index is 13.9. The molecule has 0 saturated heterocycles. The molecule has 9 heteroatoms. The summed E-state index contributed by atoms with van der Waals surface area (Å²) in [6.07, 6.45) is 12.9. The quantitative estimate of drug-likeness (QED) is 0.158. The van der Waals surface area contributed by atoms with Crippen molar-refractivity contribution in [1.29, 1.82) is 0 Å². The second-order valence-electron chi connectivity index (χ2n) is 12.6. The second kappa shape index (κ2) is 14.9. The number of hydrogen-bond acceptors (Lipinski definition) is 6. The molecule has 8 nitrogen and oxygen atoms in total. The molecule has 3 atom stereocenters. The maximum atomic E-state index is 13.9. The number of allylic oxidation sites excluding steroid dienone is 3. The van der Waals surface area contributed by atoms with Crippen LogP contribution in [0, 0.1) is 18.8 Å². The van der Waals surface area contributed by atoms with Gasteiger partial charge < -0.3 is 15.0 Å². The number of nitrogens with zero attached hydrogens (tertiary/aromatic N) is 3. The van der Waals surface area contributed by atoms with Gasteiger partial charge in [0.05, 0.1) is 17.0 Å². The molecule has 2 aromatic heterocycles. The number of benzene rings is 2. The van der Waals surface area contributed by atoms with E-state index in [2.05, 4.69) is 35.6 Å². The summed E-state index contributed by atoms with van der Waals surface area (Å²) in [5.74, 6) is -0.310. The van der Waals surface area contributed by atoms with Gasteiger partial charge in [-0.25, -0.2) is 4.98 Å². The Bertz CT molecular complexity index is 1800. The molecule has 0 saturated carbocycles. The SMILES string of the molecule is CCCc1nc2c(C)cc(C(=O)N[C@@H](CSC(=O)c3cccnc3)CC(C)C)cc2n1CC1(c2ccccc2)C=CC=CC1C(=O)O. The highest BCUT2D eigenvalue weighted by atomic mass is 32.2. The average molecular weight is 651 g/mol. The lowest BCUT2D eigenvalue weighted by Crippen LogP contribution is -2.42. The van der Waals surface area contributed by atoms with Crippen molar-refractivity contribution in [3.63, 3.8) is 0 Å². The van der Waals surface area contributed by atoms with Crippen LogP contribution in [0.4, 0.5) is 0 Å². The van der Waals surface area contributed by atoms with Gasteiger partial charge in [-0.2, -0.15) is 0 Å². The third-order valence-corrected chi connectivity index (χ3v) is 9.69. The monoisotopic (exact) mass is 650 g/mol. The van der Waals surface area contributed by atoms with Crippen LogP contribution >= 0.6 is 11.8 Å². The van der Waals surface area contributed by atoms with E-state index in [0.29, 0.717) is 35.8 Å². The number of aryl methyl sites for hydroxylation is 2. The molecule has 4 aromatic rings. The van der Waals surface area contributed by atoms with Gasteiger partial charge in [0.1, 0.15) is 5.82 Å². The number of carbonyl (C=O) groups is 3. The lowest BCUT2D eigenvalue weighted by atomic mass is 9.68. The molecule has 47 heavy (non-hydrogen) atoms. The standard InChI is InChI=1S/C38H42N4O4S/c1-5-12-33-41-34-26(4)20-28(35(43)40-30(19-25(2)3)23-47-37(46)27-13-11-18-39-22-27)21-32(34)42(33)24-38(29-14-7-6-8-15-29)17-10-9-16-31(38)36(44)45/h6-11,13-18,20-22,25,30-31H,5,12,19,23-24H2,1-4H3,(H,40,43)(H,44,45)/t30-,31?,38?/m1/s1. The molecule has 2 aromatic carbocycles. The van der Waals surface area contributed by atoms with E-state index in [-0.39, 0.29) is 17.1 Å². The number of aliphatic carboxylic acids is 1. The molecule has 0 radical (unpaired) electrons. The van der Waals surface area contributed by atoms with Crippen LogP contribution < -0.4 is 5.32 Å². The number of hydrogen-bond donors (Lipinski definition) is 2. The molecule has 0 bridgehead atoms. The predicted molar refractivity (Wildman–Crippen MR) is 188 cm³/mol. The molecule has 2 N–H and O–H groups in total. The Labute approximate surface area is 280 Å². The molecule has 244 valence electrons. The summed E-state index contributed by atoms with van der Waals surface area (Å²) in [6, 6.07) is 16.8. The van der Waals surface area contributed by atoms with Gasteiger partial charge in [0.15, 0.2) is 0 Å². The van der Waals surface area contributed by atoms with E-state index in [4.69, 9.17) is 4.98 Å². The van der Waals surface area contributed by atoms with E-state index in [1.807, 2.05) is 61.5 Å². The van der Waals surface area contributed by atoms with Gasteiger partial charge in [0.25, 0.3) is 5.91 Å². The van der Waals surface area contributed by atoms with Crippen molar-refractivity contribution in [2.75, 3.05) is 5.75 Å². The van der Waals surface area contributed by atoms with E-state index < -0.39 is 17.3 Å². The number of nitrogens with one attached hydrogen (secondary N) is 1. The summed E-state index contributed by atoms with van der Waals surface area (Å²) in [6.45, 7) is 8.58. The third kappa shape index (κ3) is 7.57. The summed E-state index contributed by atoms with van der Waals surface area (Å²) in [4.78, 5) is 48.4. The molecule has 2 unspecified atom stereocenters. The fourth-order valence-corrected chi connectivity index (χ4v) is 7.28. The molecule has 1 aliphatic carbocycles. The van der Waals surface area contributed by atoms with E-state index in [1.54, 1.807) is 36.7 Å². The van der Waals surface area contributed by atoms with Crippen LogP contribution in [-0.2, 0) is 23.2 Å². The fraction of sp³-hybridized carbons (Fsp3) is 0.342.